The van der Waals surface area contributed by atoms with Crippen LogP contribution in [0.2, 0.25) is 0 Å². The number of ether oxygens (including phenoxy) is 1. The Balaban J connectivity index is 2.60. The van der Waals surface area contributed by atoms with E-state index in [1.54, 1.807) is 0 Å². The maximum atomic E-state index is 7.69. The monoisotopic (exact) mass is 195 g/mol. The number of rotatable bonds is 3. The smallest absolute Gasteiger partial charge is 0.208 e. The molecule has 0 aromatic rings. The average Bonchev–Trinajstić information content (AvgIpc) is 2.19. The van der Waals surface area contributed by atoms with Crippen LogP contribution in [-0.4, -0.2) is 11.5 Å². The van der Waals surface area contributed by atoms with E-state index in [4.69, 9.17) is 10.1 Å². The summed E-state index contributed by atoms with van der Waals surface area (Å²) in [4.78, 5) is 0. The third-order valence-corrected chi connectivity index (χ3v) is 3.12. The van der Waals surface area contributed by atoms with Gasteiger partial charge in [-0.3, -0.25) is 5.41 Å². The lowest BCUT2D eigenvalue weighted by molar-refractivity contribution is 0.0140. The van der Waals surface area contributed by atoms with Crippen molar-refractivity contribution in [3.05, 3.63) is 12.2 Å². The van der Waals surface area contributed by atoms with E-state index >= 15 is 0 Å². The van der Waals surface area contributed by atoms with Crippen molar-refractivity contribution in [1.29, 1.82) is 5.41 Å². The fourth-order valence-electron chi connectivity index (χ4n) is 2.03. The fourth-order valence-corrected chi connectivity index (χ4v) is 2.03. The zero-order valence-corrected chi connectivity index (χ0v) is 9.36. The van der Waals surface area contributed by atoms with E-state index in [-0.39, 0.29) is 11.5 Å². The lowest BCUT2D eigenvalue weighted by atomic mass is 9.82. The van der Waals surface area contributed by atoms with Crippen molar-refractivity contribution >= 4 is 5.90 Å². The molecule has 1 aliphatic rings. The highest BCUT2D eigenvalue weighted by atomic mass is 16.5. The van der Waals surface area contributed by atoms with Crippen molar-refractivity contribution in [3.63, 3.8) is 0 Å². The van der Waals surface area contributed by atoms with Gasteiger partial charge in [-0.1, -0.05) is 19.9 Å². The largest absolute Gasteiger partial charge is 0.471 e. The molecule has 1 fully saturated rings. The molecule has 0 aliphatic heterocycles. The predicted octanol–water partition coefficient (Wildman–Crippen LogP) is 3.67. The summed E-state index contributed by atoms with van der Waals surface area (Å²) in [6.07, 6.45) is 6.97. The quantitative estimate of drug-likeness (QED) is 0.541. The second kappa shape index (κ2) is 4.63. The highest BCUT2D eigenvalue weighted by Crippen LogP contribution is 2.34. The topological polar surface area (TPSA) is 33.1 Å². The summed E-state index contributed by atoms with van der Waals surface area (Å²) in [5.41, 5.74) is 0.664. The van der Waals surface area contributed by atoms with E-state index in [0.717, 1.165) is 24.8 Å². The molecule has 0 unspecified atom stereocenters. The molecule has 1 saturated carbocycles. The molecule has 0 heterocycles. The molecule has 0 spiro atoms. The van der Waals surface area contributed by atoms with Crippen LogP contribution < -0.4 is 0 Å². The fraction of sp³-hybridized carbons (Fsp3) is 0.750. The molecule has 1 N–H and O–H groups in total. The molecule has 0 bridgehead atoms. The summed E-state index contributed by atoms with van der Waals surface area (Å²) in [5, 5.41) is 7.69. The maximum Gasteiger partial charge on any atom is 0.208 e. The van der Waals surface area contributed by atoms with Crippen LogP contribution in [-0.2, 0) is 4.74 Å². The number of nitrogens with one attached hydrogen (secondary N) is 1. The molecule has 2 heteroatoms. The third kappa shape index (κ3) is 2.60. The van der Waals surface area contributed by atoms with Gasteiger partial charge in [0.15, 0.2) is 0 Å². The molecule has 0 aromatic heterocycles. The minimum Gasteiger partial charge on any atom is -0.471 e. The van der Waals surface area contributed by atoms with E-state index < -0.39 is 0 Å². The average molecular weight is 195 g/mol. The minimum atomic E-state index is -0.0612. The van der Waals surface area contributed by atoms with Gasteiger partial charge in [0.2, 0.25) is 5.90 Å². The Kier molecular flexibility index (Phi) is 3.73. The first-order valence-electron chi connectivity index (χ1n) is 5.53. The van der Waals surface area contributed by atoms with Crippen molar-refractivity contribution in [2.75, 3.05) is 0 Å². The molecule has 0 atom stereocenters. The van der Waals surface area contributed by atoms with E-state index in [1.807, 2.05) is 6.92 Å². The van der Waals surface area contributed by atoms with E-state index in [2.05, 4.69) is 13.5 Å². The SMILES string of the molecule is C=C(C)C(=N)OC1(CC)CCCCC1. The Hall–Kier alpha value is -0.790. The van der Waals surface area contributed by atoms with Crippen molar-refractivity contribution in [2.24, 2.45) is 0 Å². The van der Waals surface area contributed by atoms with Crippen LogP contribution in [0, 0.1) is 5.41 Å². The molecule has 1 rings (SSSR count). The zero-order valence-electron chi connectivity index (χ0n) is 9.36. The van der Waals surface area contributed by atoms with Gasteiger partial charge in [-0.25, -0.2) is 0 Å². The Morgan fingerprint density at radius 2 is 1.93 bits per heavy atom. The highest BCUT2D eigenvalue weighted by molar-refractivity contribution is 5.89. The normalized spacial score (nSPS) is 20.1. The van der Waals surface area contributed by atoms with Gasteiger partial charge in [-0.2, -0.15) is 0 Å². The number of hydrogen-bond acceptors (Lipinski definition) is 2. The second-order valence-electron chi connectivity index (χ2n) is 4.31. The Bertz CT molecular complexity index is 226. The summed E-state index contributed by atoms with van der Waals surface area (Å²) in [6.45, 7) is 7.71. The summed E-state index contributed by atoms with van der Waals surface area (Å²) < 4.78 is 5.77. The lowest BCUT2D eigenvalue weighted by Crippen LogP contribution is -2.36. The molecule has 0 aromatic carbocycles. The Morgan fingerprint density at radius 1 is 1.36 bits per heavy atom. The summed E-state index contributed by atoms with van der Waals surface area (Å²) in [6, 6.07) is 0. The Morgan fingerprint density at radius 3 is 2.36 bits per heavy atom. The summed E-state index contributed by atoms with van der Waals surface area (Å²) in [7, 11) is 0. The van der Waals surface area contributed by atoms with Crippen molar-refractivity contribution in [3.8, 4) is 0 Å². The second-order valence-corrected chi connectivity index (χ2v) is 4.31. The molecule has 0 saturated heterocycles. The van der Waals surface area contributed by atoms with Crippen LogP contribution in [0.15, 0.2) is 12.2 Å². The van der Waals surface area contributed by atoms with E-state index in [0.29, 0.717) is 0 Å². The predicted molar refractivity (Wildman–Crippen MR) is 59.7 cm³/mol. The van der Waals surface area contributed by atoms with Crippen molar-refractivity contribution in [1.82, 2.24) is 0 Å². The molecule has 2 nitrogen and oxygen atoms in total. The first kappa shape index (κ1) is 11.3. The van der Waals surface area contributed by atoms with Crippen LogP contribution >= 0.6 is 0 Å². The molecular weight excluding hydrogens is 174 g/mol. The molecule has 0 amide bonds. The van der Waals surface area contributed by atoms with E-state index in [9.17, 15) is 0 Å². The summed E-state index contributed by atoms with van der Waals surface area (Å²) in [5.74, 6) is 0.272. The molecular formula is C12H21NO. The van der Waals surface area contributed by atoms with Gasteiger partial charge in [0.05, 0.1) is 0 Å². The molecule has 0 radical (unpaired) electrons. The standard InChI is InChI=1S/C12H21NO/c1-4-12(8-6-5-7-9-12)14-11(13)10(2)3/h13H,2,4-9H2,1,3H3. The van der Waals surface area contributed by atoms with Crippen molar-refractivity contribution < 1.29 is 4.74 Å². The van der Waals surface area contributed by atoms with Crippen LogP contribution in [0.3, 0.4) is 0 Å². The molecule has 80 valence electrons. The number of hydrogen-bond donors (Lipinski definition) is 1. The first-order valence-corrected chi connectivity index (χ1v) is 5.53. The first-order chi connectivity index (χ1) is 6.59. The van der Waals surface area contributed by atoms with Crippen LogP contribution in [0.1, 0.15) is 52.4 Å². The van der Waals surface area contributed by atoms with Gasteiger partial charge in [0, 0.05) is 5.57 Å². The van der Waals surface area contributed by atoms with Gasteiger partial charge in [-0.05, 0) is 39.0 Å². The maximum absolute atomic E-state index is 7.69. The zero-order chi connectivity index (χ0) is 10.6. The highest BCUT2D eigenvalue weighted by Gasteiger charge is 2.33. The molecule has 1 aliphatic carbocycles. The van der Waals surface area contributed by atoms with Crippen LogP contribution in [0.4, 0.5) is 0 Å². The lowest BCUT2D eigenvalue weighted by Gasteiger charge is -2.37. The minimum absolute atomic E-state index is 0.0612. The Labute approximate surface area is 86.9 Å². The summed E-state index contributed by atoms with van der Waals surface area (Å²) >= 11 is 0. The molecule has 14 heavy (non-hydrogen) atoms. The van der Waals surface area contributed by atoms with Gasteiger partial charge >= 0.3 is 0 Å². The van der Waals surface area contributed by atoms with Gasteiger partial charge < -0.3 is 4.74 Å². The van der Waals surface area contributed by atoms with Crippen LogP contribution in [0.25, 0.3) is 0 Å². The van der Waals surface area contributed by atoms with Gasteiger partial charge in [0.1, 0.15) is 5.60 Å². The third-order valence-electron chi connectivity index (χ3n) is 3.12. The van der Waals surface area contributed by atoms with Crippen LogP contribution in [0.5, 0.6) is 0 Å². The van der Waals surface area contributed by atoms with Gasteiger partial charge in [-0.15, -0.1) is 0 Å². The van der Waals surface area contributed by atoms with Gasteiger partial charge in [0.25, 0.3) is 0 Å². The van der Waals surface area contributed by atoms with Crippen molar-refractivity contribution in [2.45, 2.75) is 58.0 Å². The van der Waals surface area contributed by atoms with E-state index in [1.165, 1.54) is 19.3 Å².